The average molecular weight is 142 g/mol. The lowest BCUT2D eigenvalue weighted by Gasteiger charge is -2.01. The van der Waals surface area contributed by atoms with E-state index in [0.717, 1.165) is 11.1 Å². The van der Waals surface area contributed by atoms with Gasteiger partial charge in [-0.25, -0.2) is 9.78 Å². The van der Waals surface area contributed by atoms with E-state index in [1.165, 1.54) is 0 Å². The molecule has 0 aromatic rings. The summed E-state index contributed by atoms with van der Waals surface area (Å²) in [6.45, 7) is 12.0. The summed E-state index contributed by atoms with van der Waals surface area (Å²) in [5, 5.41) is 0. The highest BCUT2D eigenvalue weighted by molar-refractivity contribution is 4.88. The van der Waals surface area contributed by atoms with Gasteiger partial charge in [0.25, 0.3) is 0 Å². The predicted molar refractivity (Wildman–Crippen MR) is 41.5 cm³/mol. The molecule has 0 radical (unpaired) electrons. The fraction of sp³-hybridized carbons (Fsp3) is 0.500. The van der Waals surface area contributed by atoms with Gasteiger partial charge in [-0.15, -0.1) is 0 Å². The minimum Gasteiger partial charge on any atom is -0.232 e. The molecule has 0 unspecified atom stereocenters. The Morgan fingerprint density at radius 2 is 1.30 bits per heavy atom. The highest BCUT2D eigenvalue weighted by Crippen LogP contribution is 1.92. The van der Waals surface area contributed by atoms with Crippen molar-refractivity contribution in [3.8, 4) is 0 Å². The smallest absolute Gasteiger partial charge is 0.103 e. The molecule has 0 rings (SSSR count). The molecule has 0 saturated carbocycles. The Labute approximate surface area is 62.1 Å². The monoisotopic (exact) mass is 142 g/mol. The molecule has 0 atom stereocenters. The van der Waals surface area contributed by atoms with Crippen LogP contribution in [-0.4, -0.2) is 13.2 Å². The summed E-state index contributed by atoms with van der Waals surface area (Å²) in [5.41, 5.74) is 1.89. The molecule has 0 spiro atoms. The Kier molecular flexibility index (Phi) is 4.89. The third-order valence-electron chi connectivity index (χ3n) is 0.694. The zero-order valence-electron chi connectivity index (χ0n) is 6.64. The highest BCUT2D eigenvalue weighted by Gasteiger charge is 1.88. The van der Waals surface area contributed by atoms with Gasteiger partial charge in [0.15, 0.2) is 0 Å². The van der Waals surface area contributed by atoms with Crippen LogP contribution in [0.25, 0.3) is 0 Å². The van der Waals surface area contributed by atoms with E-state index in [1.54, 1.807) is 0 Å². The van der Waals surface area contributed by atoms with Gasteiger partial charge in [-0.3, -0.25) is 0 Å². The second-order valence-corrected chi connectivity index (χ2v) is 2.44. The van der Waals surface area contributed by atoms with Crippen LogP contribution in [-0.2, 0) is 9.78 Å². The van der Waals surface area contributed by atoms with Crippen LogP contribution in [0.3, 0.4) is 0 Å². The van der Waals surface area contributed by atoms with E-state index >= 15 is 0 Å². The van der Waals surface area contributed by atoms with E-state index in [9.17, 15) is 0 Å². The van der Waals surface area contributed by atoms with Crippen LogP contribution >= 0.6 is 0 Å². The lowest BCUT2D eigenvalue weighted by Crippen LogP contribution is -1.99. The first-order valence-electron chi connectivity index (χ1n) is 3.16. The minimum absolute atomic E-state index is 0.452. The summed E-state index contributed by atoms with van der Waals surface area (Å²) in [5.74, 6) is 0. The molecule has 58 valence electrons. The molecule has 2 heteroatoms. The highest BCUT2D eigenvalue weighted by atomic mass is 17.2. The van der Waals surface area contributed by atoms with Crippen LogP contribution in [0.4, 0.5) is 0 Å². The van der Waals surface area contributed by atoms with Gasteiger partial charge in [0.05, 0.1) is 0 Å². The molecular weight excluding hydrogens is 128 g/mol. The molecule has 0 N–H and O–H groups in total. The molecule has 10 heavy (non-hydrogen) atoms. The lowest BCUT2D eigenvalue weighted by molar-refractivity contribution is -0.281. The maximum absolute atomic E-state index is 4.75. The first-order chi connectivity index (χ1) is 4.63. The zero-order valence-corrected chi connectivity index (χ0v) is 6.64. The van der Waals surface area contributed by atoms with Gasteiger partial charge >= 0.3 is 0 Å². The van der Waals surface area contributed by atoms with Gasteiger partial charge in [0.1, 0.15) is 13.2 Å². The van der Waals surface area contributed by atoms with Crippen LogP contribution in [0.1, 0.15) is 13.8 Å². The molecule has 0 heterocycles. The first-order valence-corrected chi connectivity index (χ1v) is 3.16. The maximum Gasteiger partial charge on any atom is 0.103 e. The van der Waals surface area contributed by atoms with E-state index in [2.05, 4.69) is 13.2 Å². The molecule has 0 aromatic heterocycles. The van der Waals surface area contributed by atoms with E-state index in [-0.39, 0.29) is 0 Å². The van der Waals surface area contributed by atoms with Crippen LogP contribution in [0.2, 0.25) is 0 Å². The Bertz CT molecular complexity index is 111. The van der Waals surface area contributed by atoms with Crippen molar-refractivity contribution in [2.75, 3.05) is 13.2 Å². The van der Waals surface area contributed by atoms with Gasteiger partial charge in [0.2, 0.25) is 0 Å². The van der Waals surface area contributed by atoms with E-state index in [1.807, 2.05) is 13.8 Å². The van der Waals surface area contributed by atoms with Crippen LogP contribution < -0.4 is 0 Å². The van der Waals surface area contributed by atoms with Crippen molar-refractivity contribution in [1.29, 1.82) is 0 Å². The van der Waals surface area contributed by atoms with Crippen molar-refractivity contribution >= 4 is 0 Å². The van der Waals surface area contributed by atoms with Gasteiger partial charge in [-0.2, -0.15) is 0 Å². The summed E-state index contributed by atoms with van der Waals surface area (Å²) in [7, 11) is 0. The number of hydrogen-bond acceptors (Lipinski definition) is 2. The largest absolute Gasteiger partial charge is 0.232 e. The Hall–Kier alpha value is -0.600. The van der Waals surface area contributed by atoms with Crippen LogP contribution in [0.15, 0.2) is 24.3 Å². The minimum atomic E-state index is 0.452. The van der Waals surface area contributed by atoms with Crippen molar-refractivity contribution in [3.63, 3.8) is 0 Å². The molecule has 2 nitrogen and oxygen atoms in total. The Morgan fingerprint density at radius 1 is 1.00 bits per heavy atom. The Balaban J connectivity index is 3.06. The molecule has 0 bridgehead atoms. The van der Waals surface area contributed by atoms with Crippen molar-refractivity contribution in [2.24, 2.45) is 0 Å². The maximum atomic E-state index is 4.75. The SMILES string of the molecule is C=C(C)COOCC(=C)C. The molecular formula is C8H14O2. The van der Waals surface area contributed by atoms with E-state index < -0.39 is 0 Å². The average Bonchev–Trinajstić information content (AvgIpc) is 1.79. The Morgan fingerprint density at radius 3 is 1.50 bits per heavy atom. The van der Waals surface area contributed by atoms with E-state index in [4.69, 9.17) is 9.78 Å². The summed E-state index contributed by atoms with van der Waals surface area (Å²) in [4.78, 5) is 9.49. The molecule has 0 aliphatic rings. The van der Waals surface area contributed by atoms with Crippen molar-refractivity contribution in [2.45, 2.75) is 13.8 Å². The second-order valence-electron chi connectivity index (χ2n) is 2.44. The molecule has 0 aromatic carbocycles. The van der Waals surface area contributed by atoms with Crippen LogP contribution in [0.5, 0.6) is 0 Å². The fourth-order valence-corrected chi connectivity index (χ4v) is 0.285. The predicted octanol–water partition coefficient (Wildman–Crippen LogP) is 2.09. The second kappa shape index (κ2) is 5.21. The van der Waals surface area contributed by atoms with Crippen molar-refractivity contribution in [1.82, 2.24) is 0 Å². The number of hydrogen-bond donors (Lipinski definition) is 0. The van der Waals surface area contributed by atoms with Gasteiger partial charge in [-0.1, -0.05) is 24.3 Å². The van der Waals surface area contributed by atoms with Gasteiger partial charge in [0, 0.05) is 0 Å². The topological polar surface area (TPSA) is 18.5 Å². The van der Waals surface area contributed by atoms with Crippen LogP contribution in [0, 0.1) is 0 Å². The zero-order chi connectivity index (χ0) is 7.98. The summed E-state index contributed by atoms with van der Waals surface area (Å²) >= 11 is 0. The molecule has 0 fully saturated rings. The number of rotatable bonds is 5. The first kappa shape index (κ1) is 9.40. The van der Waals surface area contributed by atoms with Crippen molar-refractivity contribution < 1.29 is 9.78 Å². The van der Waals surface area contributed by atoms with Crippen molar-refractivity contribution in [3.05, 3.63) is 24.3 Å². The summed E-state index contributed by atoms with van der Waals surface area (Å²) in [6, 6.07) is 0. The molecule has 0 amide bonds. The fourth-order valence-electron chi connectivity index (χ4n) is 0.285. The van der Waals surface area contributed by atoms with Gasteiger partial charge in [-0.05, 0) is 13.8 Å². The van der Waals surface area contributed by atoms with E-state index in [0.29, 0.717) is 13.2 Å². The summed E-state index contributed by atoms with van der Waals surface area (Å²) < 4.78 is 0. The third-order valence-corrected chi connectivity index (χ3v) is 0.694. The standard InChI is InChI=1S/C8H14O2/c1-7(2)5-9-10-6-8(3)4/h1,3,5-6H2,2,4H3. The normalized spacial score (nSPS) is 9.40. The lowest BCUT2D eigenvalue weighted by atomic mass is 10.4. The summed E-state index contributed by atoms with van der Waals surface area (Å²) in [6.07, 6.45) is 0. The third kappa shape index (κ3) is 7.40. The molecule has 0 aliphatic heterocycles. The molecule has 0 saturated heterocycles. The quantitative estimate of drug-likeness (QED) is 0.253. The van der Waals surface area contributed by atoms with Gasteiger partial charge < -0.3 is 0 Å². The molecule has 0 aliphatic carbocycles.